The van der Waals surface area contributed by atoms with Crippen LogP contribution in [0, 0.1) is 17.8 Å². The fourth-order valence-corrected chi connectivity index (χ4v) is 10.4. The van der Waals surface area contributed by atoms with Gasteiger partial charge in [0.15, 0.2) is 6.29 Å². The van der Waals surface area contributed by atoms with Crippen molar-refractivity contribution in [2.24, 2.45) is 17.8 Å². The molecular weight excluding hydrogens is 664 g/mol. The van der Waals surface area contributed by atoms with E-state index in [0.29, 0.717) is 81.8 Å². The van der Waals surface area contributed by atoms with Crippen LogP contribution in [-0.4, -0.2) is 71.5 Å². The zero-order valence-electron chi connectivity index (χ0n) is 28.6. The molecular formula is C38H49ClN2O7S. The standard InChI is InChI=1S/C38H49ClN2O7S/c1-3-29-8-4-5-9-34(45-16-14-36-46-17-18-47-36)30-19-25(2)31(30)22-41-23-38(15-6-7-26-20-28(39)11-12-32(26)38)24-48-35-13-10-27(21-33(35)41)37(42)40-49(29,43)44/h5,9-13,20-21,25,29-31,34,36H,3-4,6-8,14-19,22-24H2,1-2H3,(H,40,42)/b9-5+/t25?,29-,30-,31?,34+,38+/m1/s1. The molecule has 7 rings (SSSR count). The Balaban J connectivity index is 1.26. The number of carbonyl (C=O) groups excluding carboxylic acids is 1. The van der Waals surface area contributed by atoms with Gasteiger partial charge in [0.25, 0.3) is 5.91 Å². The van der Waals surface area contributed by atoms with Gasteiger partial charge in [-0.05, 0) is 104 Å². The molecule has 11 heteroatoms. The first-order valence-electron chi connectivity index (χ1n) is 18.0. The highest BCUT2D eigenvalue weighted by atomic mass is 35.5. The number of halogens is 1. The zero-order valence-corrected chi connectivity index (χ0v) is 30.1. The van der Waals surface area contributed by atoms with Gasteiger partial charge in [0.1, 0.15) is 5.75 Å². The van der Waals surface area contributed by atoms with Crippen molar-refractivity contribution in [1.29, 1.82) is 0 Å². The maximum atomic E-state index is 13.6. The second-order valence-electron chi connectivity index (χ2n) is 14.6. The number of amides is 1. The summed E-state index contributed by atoms with van der Waals surface area (Å²) in [5.41, 5.74) is 3.40. The average Bonchev–Trinajstić information content (AvgIpc) is 3.55. The molecule has 2 aromatic rings. The van der Waals surface area contributed by atoms with E-state index in [1.807, 2.05) is 25.1 Å². The maximum absolute atomic E-state index is 13.6. The number of nitrogens with one attached hydrogen (secondary N) is 1. The molecule has 3 heterocycles. The lowest BCUT2D eigenvalue weighted by atomic mass is 9.62. The number of hydrogen-bond acceptors (Lipinski definition) is 8. The van der Waals surface area contributed by atoms with Crippen LogP contribution < -0.4 is 14.4 Å². The van der Waals surface area contributed by atoms with Crippen LogP contribution >= 0.6 is 11.6 Å². The van der Waals surface area contributed by atoms with Crippen LogP contribution in [0.25, 0.3) is 0 Å². The molecule has 1 spiro atoms. The van der Waals surface area contributed by atoms with Crippen molar-refractivity contribution in [3.05, 3.63) is 70.3 Å². The molecule has 2 unspecified atom stereocenters. The van der Waals surface area contributed by atoms with Gasteiger partial charge in [-0.3, -0.25) is 4.79 Å². The van der Waals surface area contributed by atoms with Crippen LogP contribution in [0.15, 0.2) is 48.6 Å². The van der Waals surface area contributed by atoms with Crippen molar-refractivity contribution in [1.82, 2.24) is 4.72 Å². The molecule has 0 aromatic heterocycles. The Hall–Kier alpha value is -2.63. The summed E-state index contributed by atoms with van der Waals surface area (Å²) < 4.78 is 53.9. The van der Waals surface area contributed by atoms with E-state index in [1.54, 1.807) is 6.07 Å². The highest BCUT2D eigenvalue weighted by Gasteiger charge is 2.47. The average molecular weight is 713 g/mol. The molecule has 266 valence electrons. The third kappa shape index (κ3) is 7.27. The predicted molar refractivity (Wildman–Crippen MR) is 190 cm³/mol. The van der Waals surface area contributed by atoms with Crippen LogP contribution in [0.2, 0.25) is 5.02 Å². The van der Waals surface area contributed by atoms with E-state index in [1.165, 1.54) is 11.1 Å². The lowest BCUT2D eigenvalue weighted by Gasteiger charge is -2.49. The van der Waals surface area contributed by atoms with Crippen LogP contribution in [0.3, 0.4) is 0 Å². The second-order valence-corrected chi connectivity index (χ2v) is 17.0. The number of sulfonamides is 1. The van der Waals surface area contributed by atoms with Gasteiger partial charge in [0.2, 0.25) is 10.0 Å². The molecule has 49 heavy (non-hydrogen) atoms. The van der Waals surface area contributed by atoms with E-state index >= 15 is 0 Å². The van der Waals surface area contributed by atoms with E-state index < -0.39 is 21.2 Å². The minimum Gasteiger partial charge on any atom is -0.490 e. The molecule has 6 atom stereocenters. The van der Waals surface area contributed by atoms with Crippen LogP contribution in [0.5, 0.6) is 5.75 Å². The maximum Gasteiger partial charge on any atom is 0.264 e. The molecule has 2 bridgehead atoms. The van der Waals surface area contributed by atoms with E-state index in [4.69, 9.17) is 30.5 Å². The number of rotatable bonds is 5. The van der Waals surface area contributed by atoms with Crippen molar-refractivity contribution < 1.29 is 32.2 Å². The van der Waals surface area contributed by atoms with Crippen molar-refractivity contribution in [3.63, 3.8) is 0 Å². The van der Waals surface area contributed by atoms with E-state index in [-0.39, 0.29) is 23.7 Å². The first-order chi connectivity index (χ1) is 23.7. The molecule has 2 aromatic carbocycles. The van der Waals surface area contributed by atoms with Gasteiger partial charge in [0, 0.05) is 35.5 Å². The first kappa shape index (κ1) is 34.8. The largest absolute Gasteiger partial charge is 0.490 e. The van der Waals surface area contributed by atoms with Crippen molar-refractivity contribution in [2.45, 2.75) is 88.3 Å². The lowest BCUT2D eigenvalue weighted by molar-refractivity contribution is -0.0862. The summed E-state index contributed by atoms with van der Waals surface area (Å²) in [6.45, 7) is 7.89. The number of benzene rings is 2. The Kier molecular flexibility index (Phi) is 10.3. The summed E-state index contributed by atoms with van der Waals surface area (Å²) in [5.74, 6) is 1.19. The highest BCUT2D eigenvalue weighted by molar-refractivity contribution is 7.90. The van der Waals surface area contributed by atoms with Gasteiger partial charge in [-0.25, -0.2) is 13.1 Å². The fraction of sp³-hybridized carbons (Fsp3) is 0.605. The number of fused-ring (bicyclic) bond motifs is 4. The summed E-state index contributed by atoms with van der Waals surface area (Å²) >= 11 is 6.47. The number of carbonyl (C=O) groups is 1. The fourth-order valence-electron chi connectivity index (χ4n) is 8.77. The van der Waals surface area contributed by atoms with Gasteiger partial charge in [-0.1, -0.05) is 43.7 Å². The Morgan fingerprint density at radius 2 is 1.96 bits per heavy atom. The summed E-state index contributed by atoms with van der Waals surface area (Å²) in [4.78, 5) is 16.0. The second kappa shape index (κ2) is 14.5. The molecule has 3 aliphatic heterocycles. The van der Waals surface area contributed by atoms with Gasteiger partial charge < -0.3 is 23.8 Å². The van der Waals surface area contributed by atoms with E-state index in [0.717, 1.165) is 42.9 Å². The molecule has 1 saturated carbocycles. The van der Waals surface area contributed by atoms with Crippen LogP contribution in [0.1, 0.15) is 80.3 Å². The lowest BCUT2D eigenvalue weighted by Crippen LogP contribution is -2.52. The Morgan fingerprint density at radius 1 is 1.12 bits per heavy atom. The minimum absolute atomic E-state index is 0.118. The van der Waals surface area contributed by atoms with Gasteiger partial charge >= 0.3 is 0 Å². The van der Waals surface area contributed by atoms with Gasteiger partial charge in [-0.15, -0.1) is 0 Å². The topological polar surface area (TPSA) is 103 Å². The molecule has 2 fully saturated rings. The molecule has 1 saturated heterocycles. The predicted octanol–water partition coefficient (Wildman–Crippen LogP) is 6.42. The van der Waals surface area contributed by atoms with Crippen molar-refractivity contribution >= 4 is 33.2 Å². The number of nitrogens with zero attached hydrogens (tertiary/aromatic N) is 1. The molecule has 0 radical (unpaired) electrons. The smallest absolute Gasteiger partial charge is 0.264 e. The molecule has 1 amide bonds. The zero-order chi connectivity index (χ0) is 34.2. The van der Waals surface area contributed by atoms with Crippen molar-refractivity contribution in [3.8, 4) is 5.75 Å². The van der Waals surface area contributed by atoms with E-state index in [9.17, 15) is 13.2 Å². The Bertz CT molecular complexity index is 1660. The Morgan fingerprint density at radius 3 is 2.76 bits per heavy atom. The number of anilines is 1. The van der Waals surface area contributed by atoms with Gasteiger partial charge in [-0.2, -0.15) is 0 Å². The van der Waals surface area contributed by atoms with Crippen molar-refractivity contribution in [2.75, 3.05) is 44.4 Å². The summed E-state index contributed by atoms with van der Waals surface area (Å²) in [6, 6.07) is 11.6. The summed E-state index contributed by atoms with van der Waals surface area (Å²) in [7, 11) is -3.90. The van der Waals surface area contributed by atoms with E-state index in [2.05, 4.69) is 40.8 Å². The number of allylic oxidation sites excluding steroid dienone is 1. The third-order valence-electron chi connectivity index (χ3n) is 11.5. The SMILES string of the molecule is CC[C@@H]1CC/C=C/[C@H](OCCC2OCCO2)[C@@H]2CC(C)C2CN2C[C@@]3(CCCc4cc(Cl)ccc43)COc3ccc(cc32)C(=O)NS1(=O)=O. The van der Waals surface area contributed by atoms with Crippen LogP contribution in [-0.2, 0) is 36.1 Å². The normalized spacial score (nSPS) is 32.3. The summed E-state index contributed by atoms with van der Waals surface area (Å²) in [5, 5.41) is 0.0488. The minimum atomic E-state index is -3.90. The summed E-state index contributed by atoms with van der Waals surface area (Å²) in [6.07, 6.45) is 9.93. The van der Waals surface area contributed by atoms with Crippen LogP contribution in [0.4, 0.5) is 5.69 Å². The third-order valence-corrected chi connectivity index (χ3v) is 13.7. The first-order valence-corrected chi connectivity index (χ1v) is 20.0. The quantitative estimate of drug-likeness (QED) is 0.355. The molecule has 2 aliphatic carbocycles. The molecule has 1 N–H and O–H groups in total. The number of hydrogen-bond donors (Lipinski definition) is 1. The Labute approximate surface area is 295 Å². The molecule has 9 nitrogen and oxygen atoms in total. The number of ether oxygens (including phenoxy) is 4. The monoisotopic (exact) mass is 712 g/mol. The molecule has 5 aliphatic rings. The highest BCUT2D eigenvalue weighted by Crippen LogP contribution is 2.49. The number of aryl methyl sites for hydroxylation is 1. The van der Waals surface area contributed by atoms with Gasteiger partial charge in [0.05, 0.1) is 43.5 Å².